The van der Waals surface area contributed by atoms with Gasteiger partial charge in [0.1, 0.15) is 11.6 Å². The van der Waals surface area contributed by atoms with Crippen LogP contribution < -0.4 is 11.5 Å². The maximum atomic E-state index is 12.1. The summed E-state index contributed by atoms with van der Waals surface area (Å²) in [6.07, 6.45) is -2.01. The Morgan fingerprint density at radius 2 is 2.00 bits per heavy atom. The SMILES string of the molecule is Nc1ncc(O)c(C(F)F)c1N. The van der Waals surface area contributed by atoms with E-state index in [4.69, 9.17) is 16.6 Å². The summed E-state index contributed by atoms with van der Waals surface area (Å²) in [5.41, 5.74) is 9.27. The van der Waals surface area contributed by atoms with Crippen LogP contribution in [-0.2, 0) is 0 Å². The molecule has 0 spiro atoms. The fourth-order valence-electron chi connectivity index (χ4n) is 0.775. The Balaban J connectivity index is 3.33. The summed E-state index contributed by atoms with van der Waals surface area (Å²) in [4.78, 5) is 3.39. The fraction of sp³-hybridized carbons (Fsp3) is 0.167. The predicted octanol–water partition coefficient (Wildman–Crippen LogP) is 0.889. The molecule has 1 heterocycles. The van der Waals surface area contributed by atoms with E-state index in [0.717, 1.165) is 6.20 Å². The van der Waals surface area contributed by atoms with E-state index in [2.05, 4.69) is 4.98 Å². The number of aromatic hydroxyl groups is 1. The first-order valence-corrected chi connectivity index (χ1v) is 3.05. The van der Waals surface area contributed by atoms with Crippen molar-refractivity contribution in [3.05, 3.63) is 11.8 Å². The van der Waals surface area contributed by atoms with Gasteiger partial charge in [0, 0.05) is 0 Å². The molecule has 0 aliphatic rings. The van der Waals surface area contributed by atoms with E-state index in [-0.39, 0.29) is 11.5 Å². The summed E-state index contributed by atoms with van der Waals surface area (Å²) in [7, 11) is 0. The first kappa shape index (κ1) is 8.51. The van der Waals surface area contributed by atoms with Gasteiger partial charge in [0.05, 0.1) is 17.4 Å². The topological polar surface area (TPSA) is 85.2 Å². The molecule has 66 valence electrons. The van der Waals surface area contributed by atoms with Crippen molar-refractivity contribution in [2.45, 2.75) is 6.43 Å². The molecule has 0 radical (unpaired) electrons. The van der Waals surface area contributed by atoms with Gasteiger partial charge in [-0.25, -0.2) is 13.8 Å². The molecule has 5 N–H and O–H groups in total. The van der Waals surface area contributed by atoms with Crippen molar-refractivity contribution in [2.75, 3.05) is 11.5 Å². The van der Waals surface area contributed by atoms with Gasteiger partial charge in [-0.05, 0) is 0 Å². The smallest absolute Gasteiger partial charge is 0.269 e. The molecular weight excluding hydrogens is 168 g/mol. The highest BCUT2D eigenvalue weighted by Crippen LogP contribution is 2.34. The van der Waals surface area contributed by atoms with E-state index in [0.29, 0.717) is 0 Å². The molecule has 0 aliphatic heterocycles. The van der Waals surface area contributed by atoms with Crippen molar-refractivity contribution >= 4 is 11.5 Å². The summed E-state index contributed by atoms with van der Waals surface area (Å²) < 4.78 is 24.3. The number of anilines is 2. The number of hydrogen-bond acceptors (Lipinski definition) is 4. The van der Waals surface area contributed by atoms with Crippen LogP contribution in [-0.4, -0.2) is 10.1 Å². The third kappa shape index (κ3) is 1.23. The second-order valence-corrected chi connectivity index (χ2v) is 2.16. The standard InChI is InChI=1S/C6H7F2N3O/c7-5(8)3-2(12)1-11-6(10)4(3)9/h1,5,12H,9H2,(H2,10,11). The van der Waals surface area contributed by atoms with E-state index in [1.165, 1.54) is 0 Å². The number of pyridine rings is 1. The number of nitrogen functional groups attached to an aromatic ring is 2. The van der Waals surface area contributed by atoms with Crippen LogP contribution in [0.15, 0.2) is 6.20 Å². The number of alkyl halides is 2. The Bertz CT molecular complexity index is 303. The molecule has 0 unspecified atom stereocenters. The second-order valence-electron chi connectivity index (χ2n) is 2.16. The van der Waals surface area contributed by atoms with Gasteiger partial charge in [0.25, 0.3) is 6.43 Å². The third-order valence-corrected chi connectivity index (χ3v) is 1.39. The molecule has 6 heteroatoms. The van der Waals surface area contributed by atoms with Crippen molar-refractivity contribution in [3.8, 4) is 5.75 Å². The number of nitrogens with zero attached hydrogens (tertiary/aromatic N) is 1. The van der Waals surface area contributed by atoms with E-state index in [1.54, 1.807) is 0 Å². The largest absolute Gasteiger partial charge is 0.506 e. The molecule has 4 nitrogen and oxygen atoms in total. The molecular formula is C6H7F2N3O. The Morgan fingerprint density at radius 1 is 1.42 bits per heavy atom. The lowest BCUT2D eigenvalue weighted by atomic mass is 10.2. The molecule has 0 bridgehead atoms. The average Bonchev–Trinajstić information content (AvgIpc) is 1.97. The molecule has 0 atom stereocenters. The van der Waals surface area contributed by atoms with Gasteiger partial charge < -0.3 is 16.6 Å². The van der Waals surface area contributed by atoms with Crippen LogP contribution in [0.5, 0.6) is 5.75 Å². The lowest BCUT2D eigenvalue weighted by Gasteiger charge is -2.07. The zero-order chi connectivity index (χ0) is 9.30. The Hall–Kier alpha value is -1.59. The van der Waals surface area contributed by atoms with E-state index >= 15 is 0 Å². The van der Waals surface area contributed by atoms with Gasteiger partial charge in [0.15, 0.2) is 0 Å². The van der Waals surface area contributed by atoms with Crippen molar-refractivity contribution < 1.29 is 13.9 Å². The summed E-state index contributed by atoms with van der Waals surface area (Å²) in [6, 6.07) is 0. The molecule has 1 rings (SSSR count). The van der Waals surface area contributed by atoms with Crippen LogP contribution >= 0.6 is 0 Å². The number of nitrogens with two attached hydrogens (primary N) is 2. The Kier molecular flexibility index (Phi) is 1.99. The molecule has 0 amide bonds. The molecule has 0 aliphatic carbocycles. The summed E-state index contributed by atoms with van der Waals surface area (Å²) in [5.74, 6) is -0.847. The first-order valence-electron chi connectivity index (χ1n) is 3.05. The Morgan fingerprint density at radius 3 is 2.42 bits per heavy atom. The van der Waals surface area contributed by atoms with Crippen molar-refractivity contribution in [3.63, 3.8) is 0 Å². The predicted molar refractivity (Wildman–Crippen MR) is 39.7 cm³/mol. The van der Waals surface area contributed by atoms with E-state index in [1.807, 2.05) is 0 Å². The van der Waals surface area contributed by atoms with Crippen LogP contribution in [0.4, 0.5) is 20.3 Å². The Labute approximate surface area is 66.8 Å². The van der Waals surface area contributed by atoms with Crippen LogP contribution in [0.25, 0.3) is 0 Å². The fourth-order valence-corrected chi connectivity index (χ4v) is 0.775. The van der Waals surface area contributed by atoms with Crippen LogP contribution in [0.3, 0.4) is 0 Å². The van der Waals surface area contributed by atoms with Crippen molar-refractivity contribution in [2.24, 2.45) is 0 Å². The molecule has 1 aromatic rings. The summed E-state index contributed by atoms with van der Waals surface area (Å²) in [5, 5.41) is 8.91. The number of halogens is 2. The van der Waals surface area contributed by atoms with Crippen LogP contribution in [0.2, 0.25) is 0 Å². The van der Waals surface area contributed by atoms with Gasteiger partial charge in [-0.15, -0.1) is 0 Å². The van der Waals surface area contributed by atoms with Gasteiger partial charge in [0.2, 0.25) is 0 Å². The van der Waals surface area contributed by atoms with Crippen molar-refractivity contribution in [1.82, 2.24) is 4.98 Å². The zero-order valence-electron chi connectivity index (χ0n) is 5.96. The van der Waals surface area contributed by atoms with E-state index in [9.17, 15) is 8.78 Å². The lowest BCUT2D eigenvalue weighted by Crippen LogP contribution is -2.02. The van der Waals surface area contributed by atoms with Gasteiger partial charge in [-0.3, -0.25) is 0 Å². The molecule has 12 heavy (non-hydrogen) atoms. The van der Waals surface area contributed by atoms with Crippen molar-refractivity contribution in [1.29, 1.82) is 0 Å². The summed E-state index contributed by atoms with van der Waals surface area (Å²) >= 11 is 0. The van der Waals surface area contributed by atoms with Crippen LogP contribution in [0.1, 0.15) is 12.0 Å². The second kappa shape index (κ2) is 2.80. The quantitative estimate of drug-likeness (QED) is 0.591. The normalized spacial score (nSPS) is 10.6. The molecule has 0 fully saturated rings. The van der Waals surface area contributed by atoms with Gasteiger partial charge >= 0.3 is 0 Å². The minimum absolute atomic E-state index is 0.205. The number of hydrogen-bond donors (Lipinski definition) is 3. The zero-order valence-corrected chi connectivity index (χ0v) is 5.96. The van der Waals surface area contributed by atoms with Crippen LogP contribution in [0, 0.1) is 0 Å². The van der Waals surface area contributed by atoms with Gasteiger partial charge in [-0.1, -0.05) is 0 Å². The van der Waals surface area contributed by atoms with E-state index < -0.39 is 17.7 Å². The third-order valence-electron chi connectivity index (χ3n) is 1.39. The first-order chi connectivity index (χ1) is 5.54. The highest BCUT2D eigenvalue weighted by molar-refractivity contribution is 5.66. The maximum absolute atomic E-state index is 12.1. The summed E-state index contributed by atoms with van der Waals surface area (Å²) in [6.45, 7) is 0. The number of rotatable bonds is 1. The minimum atomic E-state index is -2.85. The minimum Gasteiger partial charge on any atom is -0.506 e. The monoisotopic (exact) mass is 175 g/mol. The molecule has 0 saturated carbocycles. The number of aromatic nitrogens is 1. The molecule has 0 aromatic carbocycles. The maximum Gasteiger partial charge on any atom is 0.269 e. The average molecular weight is 175 g/mol. The molecule has 1 aromatic heterocycles. The van der Waals surface area contributed by atoms with Gasteiger partial charge in [-0.2, -0.15) is 0 Å². The molecule has 0 saturated heterocycles. The highest BCUT2D eigenvalue weighted by Gasteiger charge is 2.18. The lowest BCUT2D eigenvalue weighted by molar-refractivity contribution is 0.148. The highest BCUT2D eigenvalue weighted by atomic mass is 19.3.